The Balaban J connectivity index is 1.94. The Morgan fingerprint density at radius 3 is 2.42 bits per heavy atom. The van der Waals surface area contributed by atoms with E-state index < -0.39 is 6.61 Å². The van der Waals surface area contributed by atoms with E-state index >= 15 is 0 Å². The van der Waals surface area contributed by atoms with Gasteiger partial charge in [0.1, 0.15) is 5.75 Å². The third-order valence-electron chi connectivity index (χ3n) is 3.87. The molecule has 2 N–H and O–H groups in total. The Morgan fingerprint density at radius 2 is 1.81 bits per heavy atom. The minimum absolute atomic E-state index is 0.0786. The molecular formula is C19H20F2N2O3. The molecule has 0 aliphatic heterocycles. The highest BCUT2D eigenvalue weighted by Gasteiger charge is 2.12. The zero-order chi connectivity index (χ0) is 19.1. The van der Waals surface area contributed by atoms with Crippen LogP contribution in [0.15, 0.2) is 42.5 Å². The molecule has 7 heteroatoms. The van der Waals surface area contributed by atoms with E-state index in [9.17, 15) is 18.4 Å². The van der Waals surface area contributed by atoms with Gasteiger partial charge >= 0.3 is 6.61 Å². The van der Waals surface area contributed by atoms with Crippen LogP contribution in [0.5, 0.6) is 5.75 Å². The number of nitrogens with one attached hydrogen (secondary N) is 2. The van der Waals surface area contributed by atoms with Crippen LogP contribution in [0.25, 0.3) is 0 Å². The van der Waals surface area contributed by atoms with Crippen molar-refractivity contribution in [3.8, 4) is 5.75 Å². The minimum atomic E-state index is -2.86. The molecule has 0 atom stereocenters. The molecule has 0 aromatic heterocycles. The maximum Gasteiger partial charge on any atom is 0.387 e. The van der Waals surface area contributed by atoms with Gasteiger partial charge in [-0.2, -0.15) is 8.78 Å². The first-order valence-electron chi connectivity index (χ1n) is 8.06. The van der Waals surface area contributed by atoms with Crippen LogP contribution >= 0.6 is 0 Å². The average molecular weight is 362 g/mol. The maximum atomic E-state index is 12.2. The molecule has 0 saturated heterocycles. The number of carbonyl (C=O) groups excluding carboxylic acids is 2. The lowest BCUT2D eigenvalue weighted by Crippen LogP contribution is -2.20. The highest BCUT2D eigenvalue weighted by molar-refractivity contribution is 5.99. The van der Waals surface area contributed by atoms with Crippen molar-refractivity contribution in [1.29, 1.82) is 0 Å². The fraction of sp³-hybridized carbons (Fsp3) is 0.263. The number of aryl methyl sites for hydroxylation is 1. The van der Waals surface area contributed by atoms with Crippen LogP contribution in [-0.4, -0.2) is 25.5 Å². The van der Waals surface area contributed by atoms with E-state index in [-0.39, 0.29) is 24.0 Å². The number of ether oxygens (including phenoxy) is 1. The summed E-state index contributed by atoms with van der Waals surface area (Å²) < 4.78 is 28.5. The van der Waals surface area contributed by atoms with E-state index in [2.05, 4.69) is 15.4 Å². The molecule has 0 radical (unpaired) electrons. The van der Waals surface area contributed by atoms with Crippen LogP contribution in [0, 0.1) is 6.92 Å². The van der Waals surface area contributed by atoms with Gasteiger partial charge in [-0.25, -0.2) is 0 Å². The van der Waals surface area contributed by atoms with Crippen molar-refractivity contribution >= 4 is 17.5 Å². The van der Waals surface area contributed by atoms with Gasteiger partial charge in [0.05, 0.1) is 0 Å². The molecule has 138 valence electrons. The number of amides is 2. The summed E-state index contributed by atoms with van der Waals surface area (Å²) in [5, 5.41) is 5.35. The molecule has 5 nitrogen and oxygen atoms in total. The standard InChI is InChI=1S/C19H20F2N2O3/c1-12-15(18(25)22-2)4-3-5-16(12)23-17(24)11-8-13-6-9-14(10-7-13)26-19(20)21/h3-7,9-10,19H,8,11H2,1-2H3,(H,22,25)(H,23,24). The minimum Gasteiger partial charge on any atom is -0.435 e. The lowest BCUT2D eigenvalue weighted by Gasteiger charge is -2.12. The second-order valence-electron chi connectivity index (χ2n) is 5.63. The first-order valence-corrected chi connectivity index (χ1v) is 8.06. The number of anilines is 1. The van der Waals surface area contributed by atoms with Crippen LogP contribution < -0.4 is 15.4 Å². The van der Waals surface area contributed by atoms with Crippen molar-refractivity contribution in [1.82, 2.24) is 5.32 Å². The van der Waals surface area contributed by atoms with Gasteiger partial charge in [-0.05, 0) is 48.7 Å². The van der Waals surface area contributed by atoms with E-state index in [1.807, 2.05) is 0 Å². The third kappa shape index (κ3) is 5.27. The van der Waals surface area contributed by atoms with Gasteiger partial charge in [0.15, 0.2) is 0 Å². The van der Waals surface area contributed by atoms with Gasteiger partial charge in [0.25, 0.3) is 5.91 Å². The summed E-state index contributed by atoms with van der Waals surface area (Å²) in [5.74, 6) is -0.338. The van der Waals surface area contributed by atoms with Crippen LogP contribution in [0.4, 0.5) is 14.5 Å². The number of benzene rings is 2. The van der Waals surface area contributed by atoms with Crippen molar-refractivity contribution in [2.45, 2.75) is 26.4 Å². The Hall–Kier alpha value is -2.96. The molecule has 0 aliphatic rings. The molecule has 0 spiro atoms. The molecule has 0 heterocycles. The first kappa shape index (κ1) is 19.4. The van der Waals surface area contributed by atoms with E-state index in [1.165, 1.54) is 12.1 Å². The van der Waals surface area contributed by atoms with Gasteiger partial charge in [-0.1, -0.05) is 18.2 Å². The highest BCUT2D eigenvalue weighted by atomic mass is 19.3. The molecule has 0 unspecified atom stereocenters. The van der Waals surface area contributed by atoms with E-state index in [0.29, 0.717) is 23.2 Å². The molecule has 0 bridgehead atoms. The number of carbonyl (C=O) groups is 2. The number of hydrogen-bond donors (Lipinski definition) is 2. The number of hydrogen-bond acceptors (Lipinski definition) is 3. The molecule has 0 aliphatic carbocycles. The Kier molecular flexibility index (Phi) is 6.66. The third-order valence-corrected chi connectivity index (χ3v) is 3.87. The second kappa shape index (κ2) is 8.94. The number of alkyl halides is 2. The fourth-order valence-corrected chi connectivity index (χ4v) is 2.46. The average Bonchev–Trinajstić information content (AvgIpc) is 2.62. The summed E-state index contributed by atoms with van der Waals surface area (Å²) in [6.45, 7) is -1.09. The predicted octanol–water partition coefficient (Wildman–Crippen LogP) is 3.53. The van der Waals surface area contributed by atoms with Gasteiger partial charge < -0.3 is 15.4 Å². The quantitative estimate of drug-likeness (QED) is 0.792. The summed E-state index contributed by atoms with van der Waals surface area (Å²) in [7, 11) is 1.55. The Morgan fingerprint density at radius 1 is 1.12 bits per heavy atom. The first-order chi connectivity index (χ1) is 12.4. The van der Waals surface area contributed by atoms with Crippen molar-refractivity contribution in [3.63, 3.8) is 0 Å². The van der Waals surface area contributed by atoms with Gasteiger partial charge in [0.2, 0.25) is 5.91 Å². The summed E-state index contributed by atoms with van der Waals surface area (Å²) >= 11 is 0. The van der Waals surface area contributed by atoms with Crippen LogP contribution in [-0.2, 0) is 11.2 Å². The molecule has 26 heavy (non-hydrogen) atoms. The molecule has 2 aromatic rings. The summed E-state index contributed by atoms with van der Waals surface area (Å²) in [5.41, 5.74) is 2.60. The number of halogens is 2. The van der Waals surface area contributed by atoms with Gasteiger partial charge in [-0.15, -0.1) is 0 Å². The molecular weight excluding hydrogens is 342 g/mol. The lowest BCUT2D eigenvalue weighted by molar-refractivity contribution is -0.116. The molecule has 2 aromatic carbocycles. The predicted molar refractivity (Wildman–Crippen MR) is 94.6 cm³/mol. The molecule has 2 amide bonds. The van der Waals surface area contributed by atoms with E-state index in [0.717, 1.165) is 5.56 Å². The van der Waals surface area contributed by atoms with Crippen molar-refractivity contribution < 1.29 is 23.1 Å². The Labute approximate surface area is 150 Å². The van der Waals surface area contributed by atoms with Gasteiger partial charge in [0, 0.05) is 24.7 Å². The van der Waals surface area contributed by atoms with Crippen LogP contribution in [0.2, 0.25) is 0 Å². The summed E-state index contributed by atoms with van der Waals surface area (Å²) in [6, 6.07) is 11.3. The zero-order valence-electron chi connectivity index (χ0n) is 14.5. The molecule has 0 saturated carbocycles. The van der Waals surface area contributed by atoms with E-state index in [1.54, 1.807) is 44.3 Å². The van der Waals surface area contributed by atoms with Crippen molar-refractivity contribution in [2.24, 2.45) is 0 Å². The van der Waals surface area contributed by atoms with Gasteiger partial charge in [-0.3, -0.25) is 9.59 Å². The summed E-state index contributed by atoms with van der Waals surface area (Å²) in [6.07, 6.45) is 0.674. The molecule has 2 rings (SSSR count). The van der Waals surface area contributed by atoms with Crippen molar-refractivity contribution in [2.75, 3.05) is 12.4 Å². The fourth-order valence-electron chi connectivity index (χ4n) is 2.46. The Bertz CT molecular complexity index is 777. The SMILES string of the molecule is CNC(=O)c1cccc(NC(=O)CCc2ccc(OC(F)F)cc2)c1C. The van der Waals surface area contributed by atoms with Crippen LogP contribution in [0.1, 0.15) is 27.9 Å². The lowest BCUT2D eigenvalue weighted by atomic mass is 10.1. The topological polar surface area (TPSA) is 67.4 Å². The van der Waals surface area contributed by atoms with Crippen LogP contribution in [0.3, 0.4) is 0 Å². The summed E-state index contributed by atoms with van der Waals surface area (Å²) in [4.78, 5) is 24.0. The monoisotopic (exact) mass is 362 g/mol. The maximum absolute atomic E-state index is 12.2. The molecule has 0 fully saturated rings. The number of rotatable bonds is 7. The van der Waals surface area contributed by atoms with E-state index in [4.69, 9.17) is 0 Å². The highest BCUT2D eigenvalue weighted by Crippen LogP contribution is 2.20. The second-order valence-corrected chi connectivity index (χ2v) is 5.63. The zero-order valence-corrected chi connectivity index (χ0v) is 14.5. The normalized spacial score (nSPS) is 10.5. The largest absolute Gasteiger partial charge is 0.435 e. The van der Waals surface area contributed by atoms with Crippen molar-refractivity contribution in [3.05, 3.63) is 59.2 Å². The smallest absolute Gasteiger partial charge is 0.387 e.